The molecule has 1 aliphatic carbocycles. The van der Waals surface area contributed by atoms with Crippen molar-refractivity contribution in [2.24, 2.45) is 11.7 Å². The van der Waals surface area contributed by atoms with Crippen molar-refractivity contribution in [1.82, 2.24) is 9.97 Å². The molecule has 6 N–H and O–H groups in total. The van der Waals surface area contributed by atoms with Gasteiger partial charge in [-0.2, -0.15) is 0 Å². The topological polar surface area (TPSA) is 136 Å². The summed E-state index contributed by atoms with van der Waals surface area (Å²) in [6.07, 6.45) is 3.56. The van der Waals surface area contributed by atoms with Gasteiger partial charge in [0.05, 0.1) is 42.5 Å². The maximum Gasteiger partial charge on any atom is 0.276 e. The first kappa shape index (κ1) is 26.1. The van der Waals surface area contributed by atoms with Gasteiger partial charge in [0, 0.05) is 24.2 Å². The number of hydrogen-bond acceptors (Lipinski definition) is 7. The Morgan fingerprint density at radius 1 is 1.11 bits per heavy atom. The van der Waals surface area contributed by atoms with Crippen LogP contribution in [-0.4, -0.2) is 46.3 Å². The van der Waals surface area contributed by atoms with Crippen LogP contribution in [0.25, 0.3) is 11.3 Å². The Kier molecular flexibility index (Phi) is 7.08. The predicted octanol–water partition coefficient (Wildman–Crippen LogP) is 3.71. The van der Waals surface area contributed by atoms with Gasteiger partial charge in [0.1, 0.15) is 17.3 Å². The van der Waals surface area contributed by atoms with Crippen molar-refractivity contribution in [2.75, 3.05) is 24.3 Å². The Balaban J connectivity index is 1.46. The number of aliphatic hydroxyl groups is 1. The van der Waals surface area contributed by atoms with E-state index in [2.05, 4.69) is 15.3 Å². The lowest BCUT2D eigenvalue weighted by Gasteiger charge is -2.36. The summed E-state index contributed by atoms with van der Waals surface area (Å²) < 4.78 is 49.9. The number of nitrogens with two attached hydrogens (primary N) is 2. The summed E-state index contributed by atoms with van der Waals surface area (Å²) in [6, 6.07) is 4.39. The van der Waals surface area contributed by atoms with Crippen molar-refractivity contribution in [3.05, 3.63) is 70.9 Å². The summed E-state index contributed by atoms with van der Waals surface area (Å²) in [5.74, 6) is -4.12. The Morgan fingerprint density at radius 2 is 1.82 bits per heavy atom. The number of rotatable bonds is 5. The van der Waals surface area contributed by atoms with Gasteiger partial charge in [-0.25, -0.2) is 18.2 Å². The summed E-state index contributed by atoms with van der Waals surface area (Å²) in [5, 5.41) is 12.9. The standard InChI is InChI=1S/C27H28F3N5O3/c1-12-4-14(7-21(32)26(12)36)16-2-3-33-9-22(16)34-27(37)25-20(31)8-19(30)24(35-25)23-17(28)5-13(6-18(23)29)15-10-38-11-15/h2-3,5-6,8-9,12,14-15,21,26,36H,4,7,10-11,31-32H2,1H3,(H,34,37)/t12-,14+,21+,26+/m0/s1. The molecule has 1 amide bonds. The first-order valence-corrected chi connectivity index (χ1v) is 12.4. The fraction of sp³-hybridized carbons (Fsp3) is 0.370. The quantitative estimate of drug-likeness (QED) is 0.397. The van der Waals surface area contributed by atoms with Crippen molar-refractivity contribution in [2.45, 2.75) is 43.7 Å². The highest BCUT2D eigenvalue weighted by Gasteiger charge is 2.34. The van der Waals surface area contributed by atoms with Crippen LogP contribution in [0.3, 0.4) is 0 Å². The molecule has 5 rings (SSSR count). The second-order valence-electron chi connectivity index (χ2n) is 10.1. The van der Waals surface area contributed by atoms with Crippen molar-refractivity contribution < 1.29 is 27.8 Å². The Bertz CT molecular complexity index is 1350. The second kappa shape index (κ2) is 10.3. The molecule has 1 aromatic carbocycles. The second-order valence-corrected chi connectivity index (χ2v) is 10.1. The highest BCUT2D eigenvalue weighted by molar-refractivity contribution is 6.07. The van der Waals surface area contributed by atoms with Crippen LogP contribution in [0.5, 0.6) is 0 Å². The number of halogens is 3. The number of aromatic nitrogens is 2. The number of amides is 1. The molecule has 3 aromatic rings. The smallest absolute Gasteiger partial charge is 0.276 e. The van der Waals surface area contributed by atoms with E-state index in [4.69, 9.17) is 16.2 Å². The van der Waals surface area contributed by atoms with E-state index in [1.54, 1.807) is 12.3 Å². The maximum atomic E-state index is 15.0. The van der Waals surface area contributed by atoms with E-state index in [0.29, 0.717) is 37.3 Å². The molecule has 0 spiro atoms. The van der Waals surface area contributed by atoms with Crippen LogP contribution in [-0.2, 0) is 4.74 Å². The Labute approximate surface area is 217 Å². The van der Waals surface area contributed by atoms with Crippen LogP contribution in [0.4, 0.5) is 24.5 Å². The minimum Gasteiger partial charge on any atom is -0.397 e. The molecule has 4 atom stereocenters. The van der Waals surface area contributed by atoms with E-state index in [0.717, 1.165) is 23.8 Å². The third-order valence-electron chi connectivity index (χ3n) is 7.41. The van der Waals surface area contributed by atoms with Gasteiger partial charge in [0.2, 0.25) is 0 Å². The van der Waals surface area contributed by atoms with Crippen LogP contribution in [0.2, 0.25) is 0 Å². The molecule has 2 aliphatic rings. The van der Waals surface area contributed by atoms with Crippen LogP contribution >= 0.6 is 0 Å². The van der Waals surface area contributed by atoms with E-state index in [9.17, 15) is 23.1 Å². The predicted molar refractivity (Wildman–Crippen MR) is 135 cm³/mol. The molecular weight excluding hydrogens is 499 g/mol. The number of hydrogen-bond donors (Lipinski definition) is 4. The molecule has 3 heterocycles. The third kappa shape index (κ3) is 4.84. The number of nitrogens with zero attached hydrogens (tertiary/aromatic N) is 2. The van der Waals surface area contributed by atoms with Gasteiger partial charge in [0.15, 0.2) is 11.5 Å². The van der Waals surface area contributed by atoms with Crippen molar-refractivity contribution in [3.63, 3.8) is 0 Å². The normalized spacial score (nSPS) is 23.6. The highest BCUT2D eigenvalue weighted by atomic mass is 19.1. The van der Waals surface area contributed by atoms with Crippen LogP contribution in [0, 0.1) is 23.4 Å². The monoisotopic (exact) mass is 527 g/mol. The molecule has 1 aliphatic heterocycles. The first-order valence-electron chi connectivity index (χ1n) is 12.4. The molecule has 38 heavy (non-hydrogen) atoms. The SMILES string of the molecule is C[C@H]1C[C@@H](c2ccncc2NC(=O)c2nc(-c3c(F)cc(C4COC4)cc3F)c(F)cc2N)C[C@@H](N)[C@@H]1O. The van der Waals surface area contributed by atoms with Crippen molar-refractivity contribution in [1.29, 1.82) is 0 Å². The maximum absolute atomic E-state index is 15.0. The Hall–Kier alpha value is -3.54. The zero-order valence-corrected chi connectivity index (χ0v) is 20.6. The largest absolute Gasteiger partial charge is 0.397 e. The number of benzene rings is 1. The summed E-state index contributed by atoms with van der Waals surface area (Å²) in [4.78, 5) is 21.3. The molecule has 0 radical (unpaired) electrons. The van der Waals surface area contributed by atoms with Crippen LogP contribution < -0.4 is 16.8 Å². The van der Waals surface area contributed by atoms with Gasteiger partial charge in [0.25, 0.3) is 5.91 Å². The lowest BCUT2D eigenvalue weighted by atomic mass is 9.74. The molecule has 1 saturated heterocycles. The van der Waals surface area contributed by atoms with Gasteiger partial charge in [-0.1, -0.05) is 6.92 Å². The van der Waals surface area contributed by atoms with Gasteiger partial charge in [-0.3, -0.25) is 9.78 Å². The van der Waals surface area contributed by atoms with Gasteiger partial charge in [-0.05, 0) is 54.0 Å². The van der Waals surface area contributed by atoms with Gasteiger partial charge < -0.3 is 26.6 Å². The third-order valence-corrected chi connectivity index (χ3v) is 7.41. The van der Waals surface area contributed by atoms with Crippen molar-refractivity contribution in [3.8, 4) is 11.3 Å². The first-order chi connectivity index (χ1) is 18.1. The zero-order chi connectivity index (χ0) is 27.1. The summed E-state index contributed by atoms with van der Waals surface area (Å²) in [6.45, 7) is 2.60. The van der Waals surface area contributed by atoms with Gasteiger partial charge >= 0.3 is 0 Å². The summed E-state index contributed by atoms with van der Waals surface area (Å²) in [5.41, 5.74) is 11.5. The number of ether oxygens (including phenoxy) is 1. The molecule has 1 saturated carbocycles. The molecule has 2 aromatic heterocycles. The molecule has 2 fully saturated rings. The summed E-state index contributed by atoms with van der Waals surface area (Å²) in [7, 11) is 0. The minimum atomic E-state index is -1.07. The molecule has 11 heteroatoms. The van der Waals surface area contributed by atoms with E-state index in [-0.39, 0.29) is 23.4 Å². The average molecular weight is 528 g/mol. The van der Waals surface area contributed by atoms with E-state index >= 15 is 0 Å². The van der Waals surface area contributed by atoms with E-state index in [1.165, 1.54) is 6.20 Å². The average Bonchev–Trinajstić information content (AvgIpc) is 2.82. The lowest BCUT2D eigenvalue weighted by Crippen LogP contribution is -2.44. The number of pyridine rings is 2. The highest BCUT2D eigenvalue weighted by Crippen LogP contribution is 2.39. The van der Waals surface area contributed by atoms with Crippen molar-refractivity contribution >= 4 is 17.3 Å². The summed E-state index contributed by atoms with van der Waals surface area (Å²) >= 11 is 0. The van der Waals surface area contributed by atoms with E-state index in [1.807, 2.05) is 6.92 Å². The fourth-order valence-corrected chi connectivity index (χ4v) is 5.22. The molecule has 200 valence electrons. The fourth-order valence-electron chi connectivity index (χ4n) is 5.22. The molecule has 8 nitrogen and oxygen atoms in total. The lowest BCUT2D eigenvalue weighted by molar-refractivity contribution is 0.00822. The Morgan fingerprint density at radius 3 is 2.45 bits per heavy atom. The number of carbonyl (C=O) groups excluding carboxylic acids is 1. The molecule has 0 unspecified atom stereocenters. The van der Waals surface area contributed by atoms with E-state index < -0.39 is 52.5 Å². The van der Waals surface area contributed by atoms with Crippen LogP contribution in [0.15, 0.2) is 36.7 Å². The number of carbonyl (C=O) groups is 1. The number of nitrogen functional groups attached to an aromatic ring is 1. The zero-order valence-electron chi connectivity index (χ0n) is 20.6. The van der Waals surface area contributed by atoms with Crippen LogP contribution in [0.1, 0.15) is 53.2 Å². The van der Waals surface area contributed by atoms with Gasteiger partial charge in [-0.15, -0.1) is 0 Å². The number of aliphatic hydroxyl groups excluding tert-OH is 1. The number of anilines is 2. The number of nitrogens with one attached hydrogen (secondary N) is 1. The molecule has 0 bridgehead atoms. The minimum absolute atomic E-state index is 0.0505. The molecular formula is C27H28F3N5O3.